The van der Waals surface area contributed by atoms with Gasteiger partial charge in [0.2, 0.25) is 10.0 Å². The molecule has 3 aromatic carbocycles. The van der Waals surface area contributed by atoms with Gasteiger partial charge in [0, 0.05) is 16.5 Å². The second kappa shape index (κ2) is 9.37. The van der Waals surface area contributed by atoms with E-state index in [9.17, 15) is 12.8 Å². The number of rotatable bonds is 6. The lowest BCUT2D eigenvalue weighted by Gasteiger charge is -2.25. The minimum atomic E-state index is -4.05. The number of nitrogens with zero attached hydrogens (tertiary/aromatic N) is 2. The fraction of sp³-hybridized carbons (Fsp3) is 0.136. The lowest BCUT2D eigenvalue weighted by atomic mass is 10.0. The standard InChI is InChI=1S/C22H17Cl3FN3O2S/c23-15-7-5-14(6-8-15)21-12-17(28-29(21)20-10-9-16(24)11-18(20)25)13-27-32(30,31)22-4-2-1-3-19(22)26/h1-11,21,27H,12-13H2/t21-/m1/s1. The Morgan fingerprint density at radius 3 is 2.38 bits per heavy atom. The van der Waals surface area contributed by atoms with Gasteiger partial charge in [-0.15, -0.1) is 0 Å². The first-order valence-corrected chi connectivity index (χ1v) is 12.2. The third kappa shape index (κ3) is 4.92. The van der Waals surface area contributed by atoms with E-state index in [4.69, 9.17) is 34.8 Å². The minimum Gasteiger partial charge on any atom is -0.256 e. The smallest absolute Gasteiger partial charge is 0.243 e. The van der Waals surface area contributed by atoms with Gasteiger partial charge in [0.1, 0.15) is 10.7 Å². The van der Waals surface area contributed by atoms with Crippen LogP contribution in [0.15, 0.2) is 76.7 Å². The third-order valence-corrected chi connectivity index (χ3v) is 7.20. The number of benzene rings is 3. The van der Waals surface area contributed by atoms with Gasteiger partial charge in [0.25, 0.3) is 0 Å². The predicted molar refractivity (Wildman–Crippen MR) is 127 cm³/mol. The quantitative estimate of drug-likeness (QED) is 0.436. The molecule has 0 aromatic heterocycles. The highest BCUT2D eigenvalue weighted by atomic mass is 35.5. The fourth-order valence-corrected chi connectivity index (χ4v) is 5.15. The molecule has 1 N–H and O–H groups in total. The molecule has 0 fully saturated rings. The van der Waals surface area contributed by atoms with Crippen LogP contribution in [0.1, 0.15) is 18.0 Å². The van der Waals surface area contributed by atoms with Gasteiger partial charge in [-0.05, 0) is 48.0 Å². The van der Waals surface area contributed by atoms with E-state index in [0.717, 1.165) is 11.6 Å². The Bertz CT molecular complexity index is 1280. The zero-order chi connectivity index (χ0) is 22.9. The lowest BCUT2D eigenvalue weighted by Crippen LogP contribution is -2.29. The molecule has 0 amide bonds. The summed E-state index contributed by atoms with van der Waals surface area (Å²) in [6.45, 7) is -0.0809. The predicted octanol–water partition coefficient (Wildman–Crippen LogP) is 6.07. The molecule has 166 valence electrons. The Hall–Kier alpha value is -2.16. The molecule has 1 aliphatic heterocycles. The molecule has 0 aliphatic carbocycles. The lowest BCUT2D eigenvalue weighted by molar-refractivity contribution is 0.560. The highest BCUT2D eigenvalue weighted by Crippen LogP contribution is 2.39. The Kier molecular flexibility index (Phi) is 6.74. The molecular weight excluding hydrogens is 496 g/mol. The molecule has 0 saturated carbocycles. The molecule has 0 spiro atoms. The van der Waals surface area contributed by atoms with Crippen LogP contribution >= 0.6 is 34.8 Å². The fourth-order valence-electron chi connectivity index (χ4n) is 3.43. The van der Waals surface area contributed by atoms with Gasteiger partial charge >= 0.3 is 0 Å². The molecule has 5 nitrogen and oxygen atoms in total. The molecule has 0 saturated heterocycles. The number of halogens is 4. The van der Waals surface area contributed by atoms with Crippen molar-refractivity contribution in [1.29, 1.82) is 0 Å². The third-order valence-electron chi connectivity index (χ3n) is 4.98. The molecule has 1 heterocycles. The number of nitrogens with one attached hydrogen (secondary N) is 1. The van der Waals surface area contributed by atoms with Gasteiger partial charge < -0.3 is 0 Å². The second-order valence-electron chi connectivity index (χ2n) is 7.13. The molecule has 0 bridgehead atoms. The summed E-state index contributed by atoms with van der Waals surface area (Å²) in [6.07, 6.45) is 0.431. The maximum atomic E-state index is 14.0. The van der Waals surface area contributed by atoms with Gasteiger partial charge in [-0.3, -0.25) is 5.01 Å². The van der Waals surface area contributed by atoms with E-state index < -0.39 is 20.7 Å². The molecule has 3 aromatic rings. The monoisotopic (exact) mass is 511 g/mol. The van der Waals surface area contributed by atoms with Crippen molar-refractivity contribution < 1.29 is 12.8 Å². The van der Waals surface area contributed by atoms with Gasteiger partial charge in [-0.2, -0.15) is 5.10 Å². The summed E-state index contributed by atoms with van der Waals surface area (Å²) in [5.74, 6) is -0.818. The summed E-state index contributed by atoms with van der Waals surface area (Å²) in [5, 5.41) is 7.85. The van der Waals surface area contributed by atoms with Crippen molar-refractivity contribution in [2.45, 2.75) is 17.4 Å². The van der Waals surface area contributed by atoms with Crippen LogP contribution in [0, 0.1) is 5.82 Å². The van der Waals surface area contributed by atoms with Crippen LogP contribution in [0.25, 0.3) is 0 Å². The van der Waals surface area contributed by atoms with Crippen molar-refractivity contribution >= 4 is 56.2 Å². The number of anilines is 1. The van der Waals surface area contributed by atoms with Crippen molar-refractivity contribution in [3.05, 3.63) is 93.2 Å². The Balaban J connectivity index is 1.62. The normalized spacial score (nSPS) is 16.3. The average Bonchev–Trinajstić information content (AvgIpc) is 3.17. The molecule has 32 heavy (non-hydrogen) atoms. The van der Waals surface area contributed by atoms with Crippen LogP contribution in [0.4, 0.5) is 10.1 Å². The zero-order valence-electron chi connectivity index (χ0n) is 16.5. The summed E-state index contributed by atoms with van der Waals surface area (Å²) < 4.78 is 41.5. The van der Waals surface area contributed by atoms with E-state index in [1.165, 1.54) is 18.2 Å². The SMILES string of the molecule is O=S(=O)(NCC1=NN(c2ccc(Cl)cc2Cl)[C@@H](c2ccc(Cl)cc2)C1)c1ccccc1F. The molecule has 1 atom stereocenters. The zero-order valence-corrected chi connectivity index (χ0v) is 19.6. The number of hydrogen-bond acceptors (Lipinski definition) is 4. The maximum absolute atomic E-state index is 14.0. The van der Waals surface area contributed by atoms with Crippen LogP contribution in [0.5, 0.6) is 0 Å². The van der Waals surface area contributed by atoms with Crippen LogP contribution in [-0.4, -0.2) is 20.7 Å². The topological polar surface area (TPSA) is 61.8 Å². The maximum Gasteiger partial charge on any atom is 0.243 e. The highest BCUT2D eigenvalue weighted by molar-refractivity contribution is 7.89. The summed E-state index contributed by atoms with van der Waals surface area (Å²) in [6, 6.07) is 17.4. The van der Waals surface area contributed by atoms with E-state index >= 15 is 0 Å². The van der Waals surface area contributed by atoms with Gasteiger partial charge in [-0.25, -0.2) is 17.5 Å². The molecule has 0 unspecified atom stereocenters. The van der Waals surface area contributed by atoms with E-state index in [2.05, 4.69) is 9.82 Å². The van der Waals surface area contributed by atoms with Crippen LogP contribution in [-0.2, 0) is 10.0 Å². The first-order valence-electron chi connectivity index (χ1n) is 9.55. The van der Waals surface area contributed by atoms with E-state index in [1.54, 1.807) is 35.3 Å². The second-order valence-corrected chi connectivity index (χ2v) is 10.1. The first-order chi connectivity index (χ1) is 15.2. The van der Waals surface area contributed by atoms with E-state index in [1.807, 2.05) is 12.1 Å². The van der Waals surface area contributed by atoms with Crippen molar-refractivity contribution in [3.63, 3.8) is 0 Å². The molecule has 0 radical (unpaired) electrons. The first kappa shape index (κ1) is 23.0. The van der Waals surface area contributed by atoms with Gasteiger partial charge in [-0.1, -0.05) is 59.1 Å². The van der Waals surface area contributed by atoms with Crippen LogP contribution < -0.4 is 9.73 Å². The average molecular weight is 513 g/mol. The summed E-state index contributed by atoms with van der Waals surface area (Å²) in [4.78, 5) is -0.412. The van der Waals surface area contributed by atoms with Gasteiger partial charge in [0.05, 0.1) is 29.0 Å². The number of sulfonamides is 1. The molecule has 4 rings (SSSR count). The number of hydrogen-bond donors (Lipinski definition) is 1. The summed E-state index contributed by atoms with van der Waals surface area (Å²) in [7, 11) is -4.05. The Morgan fingerprint density at radius 2 is 1.69 bits per heavy atom. The molecule has 1 aliphatic rings. The molecule has 10 heteroatoms. The van der Waals surface area contributed by atoms with E-state index in [-0.39, 0.29) is 12.6 Å². The van der Waals surface area contributed by atoms with Crippen molar-refractivity contribution in [1.82, 2.24) is 4.72 Å². The van der Waals surface area contributed by atoms with Gasteiger partial charge in [0.15, 0.2) is 0 Å². The van der Waals surface area contributed by atoms with Crippen molar-refractivity contribution in [3.8, 4) is 0 Å². The largest absolute Gasteiger partial charge is 0.256 e. The summed E-state index contributed by atoms with van der Waals surface area (Å²) >= 11 is 18.5. The van der Waals surface area contributed by atoms with E-state index in [0.29, 0.717) is 32.9 Å². The minimum absolute atomic E-state index is 0.0809. The van der Waals surface area contributed by atoms with Crippen LogP contribution in [0.3, 0.4) is 0 Å². The molecular formula is C22H17Cl3FN3O2S. The Morgan fingerprint density at radius 1 is 1.00 bits per heavy atom. The van der Waals surface area contributed by atoms with Crippen LogP contribution in [0.2, 0.25) is 15.1 Å². The van der Waals surface area contributed by atoms with Crippen molar-refractivity contribution in [2.24, 2.45) is 5.10 Å². The number of hydrazone groups is 1. The highest BCUT2D eigenvalue weighted by Gasteiger charge is 2.31. The van der Waals surface area contributed by atoms with Crippen molar-refractivity contribution in [2.75, 3.05) is 11.6 Å². The summed E-state index contributed by atoms with van der Waals surface area (Å²) in [5.41, 5.74) is 2.12. The Labute approximate surface area is 200 Å².